The van der Waals surface area contributed by atoms with Crippen molar-refractivity contribution in [2.75, 3.05) is 7.11 Å². The lowest BCUT2D eigenvalue weighted by atomic mass is 10.00. The molecule has 1 amide bonds. The Morgan fingerprint density at radius 3 is 2.76 bits per heavy atom. The van der Waals surface area contributed by atoms with E-state index in [4.69, 9.17) is 4.74 Å². The fourth-order valence-electron chi connectivity index (χ4n) is 2.04. The third kappa shape index (κ3) is 3.81. The number of pyridine rings is 1. The van der Waals surface area contributed by atoms with Gasteiger partial charge >= 0.3 is 0 Å². The summed E-state index contributed by atoms with van der Waals surface area (Å²) in [6, 6.07) is 9.49. The second kappa shape index (κ2) is 6.88. The molecule has 0 spiro atoms. The van der Waals surface area contributed by atoms with Crippen LogP contribution in [0.2, 0.25) is 0 Å². The maximum absolute atomic E-state index is 12.4. The highest BCUT2D eigenvalue weighted by atomic mass is 16.5. The van der Waals surface area contributed by atoms with Crippen molar-refractivity contribution in [1.82, 2.24) is 10.3 Å². The Hall–Kier alpha value is -2.36. The van der Waals surface area contributed by atoms with E-state index in [0.717, 1.165) is 11.1 Å². The van der Waals surface area contributed by atoms with Gasteiger partial charge in [-0.15, -0.1) is 0 Å². The second-order valence-electron chi connectivity index (χ2n) is 5.16. The lowest BCUT2D eigenvalue weighted by Crippen LogP contribution is -2.23. The average Bonchev–Trinajstić information content (AvgIpc) is 2.52. The maximum atomic E-state index is 12.4. The SMILES string of the molecule is COc1ccc(C(C)C)cc1C(=O)NCc1cccnc1. The number of hydrogen-bond donors (Lipinski definition) is 1. The van der Waals surface area contributed by atoms with Gasteiger partial charge in [-0.3, -0.25) is 9.78 Å². The lowest BCUT2D eigenvalue weighted by molar-refractivity contribution is 0.0947. The smallest absolute Gasteiger partial charge is 0.255 e. The van der Waals surface area contributed by atoms with Crippen LogP contribution in [0.4, 0.5) is 0 Å². The summed E-state index contributed by atoms with van der Waals surface area (Å²) < 4.78 is 5.28. The van der Waals surface area contributed by atoms with Crippen molar-refractivity contribution in [3.63, 3.8) is 0 Å². The average molecular weight is 284 g/mol. The number of benzene rings is 1. The van der Waals surface area contributed by atoms with Gasteiger partial charge in [-0.25, -0.2) is 0 Å². The van der Waals surface area contributed by atoms with Gasteiger partial charge in [-0.05, 0) is 35.2 Å². The molecule has 0 fully saturated rings. The van der Waals surface area contributed by atoms with Crippen molar-refractivity contribution in [2.45, 2.75) is 26.3 Å². The van der Waals surface area contributed by atoms with E-state index in [1.54, 1.807) is 19.5 Å². The summed E-state index contributed by atoms with van der Waals surface area (Å²) in [4.78, 5) is 16.4. The Morgan fingerprint density at radius 2 is 2.14 bits per heavy atom. The van der Waals surface area contributed by atoms with Gasteiger partial charge in [0.1, 0.15) is 5.75 Å². The zero-order valence-electron chi connectivity index (χ0n) is 12.6. The summed E-state index contributed by atoms with van der Waals surface area (Å²) >= 11 is 0. The molecule has 0 saturated heterocycles. The van der Waals surface area contributed by atoms with Gasteiger partial charge in [0, 0.05) is 18.9 Å². The molecule has 1 aromatic carbocycles. The first-order chi connectivity index (χ1) is 10.1. The van der Waals surface area contributed by atoms with Crippen LogP contribution in [-0.4, -0.2) is 18.0 Å². The first-order valence-corrected chi connectivity index (χ1v) is 6.97. The van der Waals surface area contributed by atoms with Gasteiger partial charge < -0.3 is 10.1 Å². The van der Waals surface area contributed by atoms with Crippen molar-refractivity contribution in [1.29, 1.82) is 0 Å². The van der Waals surface area contributed by atoms with Crippen LogP contribution in [0, 0.1) is 0 Å². The van der Waals surface area contributed by atoms with Crippen LogP contribution in [0.1, 0.15) is 41.3 Å². The number of ether oxygens (including phenoxy) is 1. The highest BCUT2D eigenvalue weighted by Gasteiger charge is 2.14. The van der Waals surface area contributed by atoms with Crippen LogP contribution >= 0.6 is 0 Å². The highest BCUT2D eigenvalue weighted by Crippen LogP contribution is 2.24. The molecule has 0 aliphatic carbocycles. The Bertz CT molecular complexity index is 609. The molecule has 4 heteroatoms. The minimum absolute atomic E-state index is 0.141. The molecule has 2 aromatic rings. The largest absolute Gasteiger partial charge is 0.496 e. The second-order valence-corrected chi connectivity index (χ2v) is 5.16. The predicted octanol–water partition coefficient (Wildman–Crippen LogP) is 3.14. The van der Waals surface area contributed by atoms with Crippen molar-refractivity contribution >= 4 is 5.91 Å². The number of rotatable bonds is 5. The Balaban J connectivity index is 2.15. The van der Waals surface area contributed by atoms with Gasteiger partial charge in [-0.2, -0.15) is 0 Å². The third-order valence-corrected chi connectivity index (χ3v) is 3.31. The monoisotopic (exact) mass is 284 g/mol. The summed E-state index contributed by atoms with van der Waals surface area (Å²) in [6.07, 6.45) is 3.45. The van der Waals surface area contributed by atoms with E-state index < -0.39 is 0 Å². The van der Waals surface area contributed by atoms with E-state index >= 15 is 0 Å². The van der Waals surface area contributed by atoms with Gasteiger partial charge in [-0.1, -0.05) is 26.0 Å². The molecule has 1 heterocycles. The minimum atomic E-state index is -0.141. The van der Waals surface area contributed by atoms with Gasteiger partial charge in [0.25, 0.3) is 5.91 Å². The predicted molar refractivity (Wildman–Crippen MR) is 82.5 cm³/mol. The van der Waals surface area contributed by atoms with Crippen LogP contribution in [-0.2, 0) is 6.54 Å². The van der Waals surface area contributed by atoms with Crippen molar-refractivity contribution in [3.05, 3.63) is 59.4 Å². The molecule has 0 saturated carbocycles. The van der Waals surface area contributed by atoms with Crippen LogP contribution in [0.15, 0.2) is 42.7 Å². The summed E-state index contributed by atoms with van der Waals surface area (Å²) in [6.45, 7) is 4.64. The van der Waals surface area contributed by atoms with Gasteiger partial charge in [0.2, 0.25) is 0 Å². The molecule has 21 heavy (non-hydrogen) atoms. The molecule has 0 aliphatic rings. The van der Waals surface area contributed by atoms with E-state index in [1.807, 2.05) is 30.3 Å². The molecule has 0 bridgehead atoms. The lowest BCUT2D eigenvalue weighted by Gasteiger charge is -2.13. The molecule has 0 unspecified atom stereocenters. The standard InChI is InChI=1S/C17H20N2O2/c1-12(2)14-6-7-16(21-3)15(9-14)17(20)19-11-13-5-4-8-18-10-13/h4-10,12H,11H2,1-3H3,(H,19,20). The highest BCUT2D eigenvalue weighted by molar-refractivity contribution is 5.97. The Morgan fingerprint density at radius 1 is 1.33 bits per heavy atom. The molecule has 1 N–H and O–H groups in total. The van der Waals surface area contributed by atoms with Crippen LogP contribution in [0.3, 0.4) is 0 Å². The number of amides is 1. The zero-order valence-corrected chi connectivity index (χ0v) is 12.6. The van der Waals surface area contributed by atoms with E-state index in [1.165, 1.54) is 0 Å². The number of carbonyl (C=O) groups is 1. The Labute approximate surface area is 125 Å². The first kappa shape index (κ1) is 15.0. The molecule has 110 valence electrons. The van der Waals surface area contributed by atoms with E-state index in [-0.39, 0.29) is 5.91 Å². The van der Waals surface area contributed by atoms with Crippen molar-refractivity contribution in [3.8, 4) is 5.75 Å². The quantitative estimate of drug-likeness (QED) is 0.917. The number of methoxy groups -OCH3 is 1. The number of nitrogens with one attached hydrogen (secondary N) is 1. The van der Waals surface area contributed by atoms with Crippen molar-refractivity contribution in [2.24, 2.45) is 0 Å². The van der Waals surface area contributed by atoms with Crippen molar-refractivity contribution < 1.29 is 9.53 Å². The van der Waals surface area contributed by atoms with E-state index in [9.17, 15) is 4.79 Å². The number of aromatic nitrogens is 1. The number of hydrogen-bond acceptors (Lipinski definition) is 3. The summed E-state index contributed by atoms with van der Waals surface area (Å²) in [5.74, 6) is 0.807. The molecular weight excluding hydrogens is 264 g/mol. The van der Waals surface area contributed by atoms with Gasteiger partial charge in [0.05, 0.1) is 12.7 Å². The maximum Gasteiger partial charge on any atom is 0.255 e. The Kier molecular flexibility index (Phi) is 4.93. The van der Waals surface area contributed by atoms with Gasteiger partial charge in [0.15, 0.2) is 0 Å². The molecular formula is C17H20N2O2. The molecule has 0 radical (unpaired) electrons. The minimum Gasteiger partial charge on any atom is -0.496 e. The molecule has 4 nitrogen and oxygen atoms in total. The number of nitrogens with zero attached hydrogens (tertiary/aromatic N) is 1. The van der Waals surface area contributed by atoms with Crippen LogP contribution < -0.4 is 10.1 Å². The van der Waals surface area contributed by atoms with E-state index in [0.29, 0.717) is 23.8 Å². The summed E-state index contributed by atoms with van der Waals surface area (Å²) in [7, 11) is 1.57. The normalized spacial score (nSPS) is 10.5. The molecule has 0 atom stereocenters. The molecule has 1 aromatic heterocycles. The topological polar surface area (TPSA) is 51.2 Å². The summed E-state index contributed by atoms with van der Waals surface area (Å²) in [5.41, 5.74) is 2.64. The first-order valence-electron chi connectivity index (χ1n) is 6.97. The fourth-order valence-corrected chi connectivity index (χ4v) is 2.04. The van der Waals surface area contributed by atoms with E-state index in [2.05, 4.69) is 24.1 Å². The van der Waals surface area contributed by atoms with Crippen LogP contribution in [0.25, 0.3) is 0 Å². The molecule has 0 aliphatic heterocycles. The zero-order chi connectivity index (χ0) is 15.2. The third-order valence-electron chi connectivity index (χ3n) is 3.31. The summed E-state index contributed by atoms with van der Waals surface area (Å²) in [5, 5.41) is 2.90. The molecule has 2 rings (SSSR count). The number of carbonyl (C=O) groups excluding carboxylic acids is 1. The van der Waals surface area contributed by atoms with Crippen LogP contribution in [0.5, 0.6) is 5.75 Å². The fraction of sp³-hybridized carbons (Fsp3) is 0.294.